The van der Waals surface area contributed by atoms with Crippen molar-refractivity contribution in [3.63, 3.8) is 0 Å². The zero-order valence-electron chi connectivity index (χ0n) is 14.5. The summed E-state index contributed by atoms with van der Waals surface area (Å²) in [5.74, 6) is 0.923. The van der Waals surface area contributed by atoms with Crippen molar-refractivity contribution >= 4 is 17.2 Å². The number of hydrogen-bond acceptors (Lipinski definition) is 5. The summed E-state index contributed by atoms with van der Waals surface area (Å²) in [5, 5.41) is 0. The number of amides is 1. The van der Waals surface area contributed by atoms with Crippen LogP contribution in [-0.2, 0) is 11.2 Å². The second-order valence-electron chi connectivity index (χ2n) is 6.96. The maximum atomic E-state index is 11.5. The van der Waals surface area contributed by atoms with Gasteiger partial charge in [0.05, 0.1) is 11.2 Å². The summed E-state index contributed by atoms with van der Waals surface area (Å²) in [5.41, 5.74) is 3.15. The highest BCUT2D eigenvalue weighted by Crippen LogP contribution is 2.24. The smallest absolute Gasteiger partial charge is 0.219 e. The third-order valence-corrected chi connectivity index (χ3v) is 6.37. The van der Waals surface area contributed by atoms with E-state index in [0.717, 1.165) is 39.1 Å². The van der Waals surface area contributed by atoms with E-state index in [2.05, 4.69) is 28.6 Å². The summed E-state index contributed by atoms with van der Waals surface area (Å²) in [6.07, 6.45) is 1.12. The van der Waals surface area contributed by atoms with Gasteiger partial charge in [0.2, 0.25) is 5.91 Å². The summed E-state index contributed by atoms with van der Waals surface area (Å²) in [6, 6.07) is 0.645. The third kappa shape index (κ3) is 3.92. The van der Waals surface area contributed by atoms with Gasteiger partial charge in [0, 0.05) is 63.7 Å². The van der Waals surface area contributed by atoms with E-state index in [0.29, 0.717) is 12.0 Å². The van der Waals surface area contributed by atoms with Crippen LogP contribution in [0.3, 0.4) is 0 Å². The summed E-state index contributed by atoms with van der Waals surface area (Å²) in [7, 11) is 0. The minimum absolute atomic E-state index is 0.214. The molecule has 6 heteroatoms. The lowest BCUT2D eigenvalue weighted by Crippen LogP contribution is -2.53. The van der Waals surface area contributed by atoms with Gasteiger partial charge in [-0.15, -0.1) is 11.3 Å². The number of thiazole rings is 1. The highest BCUT2D eigenvalue weighted by molar-refractivity contribution is 7.09. The first kappa shape index (κ1) is 16.9. The predicted octanol–water partition coefficient (Wildman–Crippen LogP) is 1.48. The van der Waals surface area contributed by atoms with E-state index in [1.165, 1.54) is 23.7 Å². The zero-order valence-corrected chi connectivity index (χ0v) is 15.3. The van der Waals surface area contributed by atoms with Crippen LogP contribution in [0.15, 0.2) is 5.51 Å². The van der Waals surface area contributed by atoms with Crippen molar-refractivity contribution in [2.45, 2.75) is 33.2 Å². The lowest BCUT2D eigenvalue weighted by molar-refractivity contribution is -0.130. The molecule has 2 unspecified atom stereocenters. The maximum Gasteiger partial charge on any atom is 0.219 e. The minimum Gasteiger partial charge on any atom is -0.340 e. The second kappa shape index (κ2) is 7.28. The van der Waals surface area contributed by atoms with Crippen LogP contribution in [0.2, 0.25) is 0 Å². The molecule has 0 aromatic carbocycles. The predicted molar refractivity (Wildman–Crippen MR) is 93.8 cm³/mol. The number of hydrogen-bond donors (Lipinski definition) is 0. The quantitative estimate of drug-likeness (QED) is 0.835. The van der Waals surface area contributed by atoms with Gasteiger partial charge in [0.25, 0.3) is 0 Å². The Labute approximate surface area is 143 Å². The van der Waals surface area contributed by atoms with E-state index in [1.807, 2.05) is 10.4 Å². The molecule has 1 aromatic rings. The number of aryl methyl sites for hydroxylation is 1. The number of carbonyl (C=O) groups excluding carboxylic acids is 1. The van der Waals surface area contributed by atoms with Crippen LogP contribution in [0.1, 0.15) is 24.4 Å². The number of aromatic nitrogens is 1. The number of nitrogens with zero attached hydrogens (tertiary/aromatic N) is 4. The number of carbonyl (C=O) groups is 1. The monoisotopic (exact) mass is 336 g/mol. The molecule has 2 aliphatic heterocycles. The maximum absolute atomic E-state index is 11.5. The van der Waals surface area contributed by atoms with Gasteiger partial charge in [-0.05, 0) is 19.3 Å². The van der Waals surface area contributed by atoms with Crippen LogP contribution in [0, 0.1) is 12.8 Å². The largest absolute Gasteiger partial charge is 0.340 e. The topological polar surface area (TPSA) is 39.7 Å². The average Bonchev–Trinajstić information content (AvgIpc) is 3.11. The Kier molecular flexibility index (Phi) is 5.34. The lowest BCUT2D eigenvalue weighted by atomic mass is 10.0. The number of rotatable bonds is 4. The fourth-order valence-corrected chi connectivity index (χ4v) is 4.67. The Balaban J connectivity index is 1.49. The van der Waals surface area contributed by atoms with Crippen LogP contribution in [0.25, 0.3) is 0 Å². The van der Waals surface area contributed by atoms with Crippen LogP contribution < -0.4 is 0 Å². The summed E-state index contributed by atoms with van der Waals surface area (Å²) < 4.78 is 0. The van der Waals surface area contributed by atoms with Crippen molar-refractivity contribution < 1.29 is 4.79 Å². The van der Waals surface area contributed by atoms with Gasteiger partial charge in [-0.2, -0.15) is 0 Å². The fraction of sp³-hybridized carbons (Fsp3) is 0.765. The van der Waals surface area contributed by atoms with Crippen LogP contribution in [0.4, 0.5) is 0 Å². The van der Waals surface area contributed by atoms with E-state index in [4.69, 9.17) is 0 Å². The van der Waals surface area contributed by atoms with Gasteiger partial charge in [0.1, 0.15) is 0 Å². The first-order chi connectivity index (χ1) is 11.0. The van der Waals surface area contributed by atoms with E-state index in [9.17, 15) is 4.79 Å². The molecule has 128 valence electrons. The molecule has 0 spiro atoms. The first-order valence-corrected chi connectivity index (χ1v) is 9.53. The summed E-state index contributed by atoms with van der Waals surface area (Å²) >= 11 is 1.78. The van der Waals surface area contributed by atoms with Crippen LogP contribution in [0.5, 0.6) is 0 Å². The van der Waals surface area contributed by atoms with Crippen molar-refractivity contribution in [1.29, 1.82) is 0 Å². The fourth-order valence-electron chi connectivity index (χ4n) is 3.90. The minimum atomic E-state index is 0.214. The molecule has 3 rings (SSSR count). The second-order valence-corrected chi connectivity index (χ2v) is 7.90. The number of piperazine rings is 1. The zero-order chi connectivity index (χ0) is 16.4. The Bertz CT molecular complexity index is 538. The summed E-state index contributed by atoms with van der Waals surface area (Å²) in [6.45, 7) is 13.5. The molecule has 5 nitrogen and oxygen atoms in total. The van der Waals surface area contributed by atoms with E-state index in [-0.39, 0.29) is 5.91 Å². The molecule has 2 aliphatic rings. The Morgan fingerprint density at radius 2 is 2.04 bits per heavy atom. The average molecular weight is 337 g/mol. The highest BCUT2D eigenvalue weighted by atomic mass is 32.1. The molecule has 3 heterocycles. The molecular formula is C17H28N4OS. The molecule has 2 saturated heterocycles. The summed E-state index contributed by atoms with van der Waals surface area (Å²) in [4.78, 5) is 24.4. The van der Waals surface area contributed by atoms with Gasteiger partial charge in [-0.25, -0.2) is 4.98 Å². The van der Waals surface area contributed by atoms with Crippen LogP contribution >= 0.6 is 11.3 Å². The first-order valence-electron chi connectivity index (χ1n) is 8.65. The Hall–Kier alpha value is -0.980. The van der Waals surface area contributed by atoms with Crippen molar-refractivity contribution in [1.82, 2.24) is 19.7 Å². The highest BCUT2D eigenvalue weighted by Gasteiger charge is 2.35. The Morgan fingerprint density at radius 3 is 2.65 bits per heavy atom. The van der Waals surface area contributed by atoms with Gasteiger partial charge in [0.15, 0.2) is 0 Å². The molecule has 0 N–H and O–H groups in total. The van der Waals surface area contributed by atoms with Crippen molar-refractivity contribution in [3.8, 4) is 0 Å². The van der Waals surface area contributed by atoms with E-state index < -0.39 is 0 Å². The molecule has 1 aromatic heterocycles. The molecule has 0 saturated carbocycles. The SMILES string of the molecule is CC(=O)N1CCN(C2CN(CCc3scnc3C)CC2C)CC1. The third-order valence-electron chi connectivity index (χ3n) is 5.38. The van der Waals surface area contributed by atoms with Gasteiger partial charge >= 0.3 is 0 Å². The Morgan fingerprint density at radius 1 is 1.30 bits per heavy atom. The molecule has 2 fully saturated rings. The van der Waals surface area contributed by atoms with E-state index in [1.54, 1.807) is 18.3 Å². The molecule has 2 atom stereocenters. The molecule has 23 heavy (non-hydrogen) atoms. The molecule has 1 amide bonds. The molecule has 0 aliphatic carbocycles. The van der Waals surface area contributed by atoms with Gasteiger partial charge in [-0.1, -0.05) is 6.92 Å². The van der Waals surface area contributed by atoms with E-state index >= 15 is 0 Å². The van der Waals surface area contributed by atoms with Gasteiger partial charge in [-0.3, -0.25) is 9.69 Å². The van der Waals surface area contributed by atoms with Crippen molar-refractivity contribution in [2.75, 3.05) is 45.8 Å². The van der Waals surface area contributed by atoms with Crippen molar-refractivity contribution in [3.05, 3.63) is 16.1 Å². The molecule has 0 radical (unpaired) electrons. The van der Waals surface area contributed by atoms with Gasteiger partial charge < -0.3 is 9.80 Å². The molecule has 0 bridgehead atoms. The standard InChI is InChI=1S/C17H28N4OS/c1-13-10-19(5-4-17-14(2)18-12-23-17)11-16(13)21-8-6-20(7-9-21)15(3)22/h12-13,16H,4-11H2,1-3H3. The normalized spacial score (nSPS) is 26.8. The molecular weight excluding hydrogens is 308 g/mol. The lowest BCUT2D eigenvalue weighted by Gasteiger charge is -2.39. The van der Waals surface area contributed by atoms with Crippen LogP contribution in [-0.4, -0.2) is 77.4 Å². The number of likely N-dealkylation sites (tertiary alicyclic amines) is 1. The van der Waals surface area contributed by atoms with Crippen molar-refractivity contribution in [2.24, 2.45) is 5.92 Å².